The van der Waals surface area contributed by atoms with E-state index in [1.165, 1.54) is 4.90 Å². The van der Waals surface area contributed by atoms with Gasteiger partial charge < -0.3 is 0 Å². The summed E-state index contributed by atoms with van der Waals surface area (Å²) in [5, 5.41) is 0. The van der Waals surface area contributed by atoms with Gasteiger partial charge in [0.05, 0.1) is 11.8 Å². The van der Waals surface area contributed by atoms with Crippen LogP contribution in [0, 0.1) is 24.2 Å². The molecule has 0 aromatic rings. The highest BCUT2D eigenvalue weighted by atomic mass is 16.2. The Morgan fingerprint density at radius 2 is 1.73 bits per heavy atom. The average Bonchev–Trinajstić information content (AvgIpc) is 2.51. The lowest BCUT2D eigenvalue weighted by molar-refractivity contribution is -0.139. The summed E-state index contributed by atoms with van der Waals surface area (Å²) in [6.45, 7) is 0.404. The lowest BCUT2D eigenvalue weighted by atomic mass is 9.81. The molecule has 2 aliphatic rings. The van der Waals surface area contributed by atoms with Crippen molar-refractivity contribution in [2.45, 2.75) is 32.1 Å². The Morgan fingerprint density at radius 1 is 1.20 bits per heavy atom. The highest BCUT2D eigenvalue weighted by Crippen LogP contribution is 2.37. The van der Waals surface area contributed by atoms with Crippen LogP contribution < -0.4 is 0 Å². The quantitative estimate of drug-likeness (QED) is 0.501. The van der Waals surface area contributed by atoms with Gasteiger partial charge in [0.1, 0.15) is 0 Å². The predicted octanol–water partition coefficient (Wildman–Crippen LogP) is 1.18. The molecule has 3 heteroatoms. The number of likely N-dealkylation sites (tertiary alicyclic amines) is 1. The normalized spacial score (nSPS) is 30.2. The Balaban J connectivity index is 2.11. The number of nitrogens with zero attached hydrogens (tertiary/aromatic N) is 1. The second kappa shape index (κ2) is 4.06. The van der Waals surface area contributed by atoms with Crippen molar-refractivity contribution >= 4 is 11.8 Å². The summed E-state index contributed by atoms with van der Waals surface area (Å²) in [4.78, 5) is 25.2. The van der Waals surface area contributed by atoms with Gasteiger partial charge in [-0.3, -0.25) is 14.5 Å². The molecule has 2 rings (SSSR count). The number of fused-ring (bicyclic) bond motifs is 1. The molecule has 0 N–H and O–H groups in total. The topological polar surface area (TPSA) is 37.4 Å². The minimum Gasteiger partial charge on any atom is -0.281 e. The van der Waals surface area contributed by atoms with E-state index in [4.69, 9.17) is 6.42 Å². The summed E-state index contributed by atoms with van der Waals surface area (Å²) >= 11 is 0. The molecule has 1 heterocycles. The van der Waals surface area contributed by atoms with E-state index in [0.717, 1.165) is 25.7 Å². The smallest absolute Gasteiger partial charge is 0.233 e. The van der Waals surface area contributed by atoms with Crippen molar-refractivity contribution in [3.63, 3.8) is 0 Å². The van der Waals surface area contributed by atoms with Crippen LogP contribution in [0.4, 0.5) is 0 Å². The second-order valence-corrected chi connectivity index (χ2v) is 4.28. The third-order valence-electron chi connectivity index (χ3n) is 3.41. The Hall–Kier alpha value is -1.30. The van der Waals surface area contributed by atoms with E-state index in [2.05, 4.69) is 5.92 Å². The van der Waals surface area contributed by atoms with Gasteiger partial charge in [-0.15, -0.1) is 12.3 Å². The van der Waals surface area contributed by atoms with E-state index in [1.54, 1.807) is 0 Å². The molecule has 1 saturated carbocycles. The van der Waals surface area contributed by atoms with E-state index in [1.807, 2.05) is 0 Å². The van der Waals surface area contributed by atoms with E-state index in [0.29, 0.717) is 13.0 Å². The first kappa shape index (κ1) is 10.2. The highest BCUT2D eigenvalue weighted by molar-refractivity contribution is 6.05. The molecular weight excluding hydrogens is 190 g/mol. The number of hydrogen-bond acceptors (Lipinski definition) is 2. The van der Waals surface area contributed by atoms with Gasteiger partial charge in [0.25, 0.3) is 0 Å². The van der Waals surface area contributed by atoms with Crippen LogP contribution in [-0.4, -0.2) is 23.3 Å². The maximum absolute atomic E-state index is 11.9. The monoisotopic (exact) mass is 205 g/mol. The number of hydrogen-bond donors (Lipinski definition) is 0. The molecular formula is C12H15NO2. The first-order valence-corrected chi connectivity index (χ1v) is 5.54. The summed E-state index contributed by atoms with van der Waals surface area (Å²) in [5.41, 5.74) is 0. The fourth-order valence-corrected chi connectivity index (χ4v) is 2.63. The van der Waals surface area contributed by atoms with Crippen LogP contribution in [0.2, 0.25) is 0 Å². The lowest BCUT2D eigenvalue weighted by Crippen LogP contribution is -2.31. The van der Waals surface area contributed by atoms with Gasteiger partial charge in [-0.2, -0.15) is 0 Å². The maximum Gasteiger partial charge on any atom is 0.233 e. The van der Waals surface area contributed by atoms with Crippen LogP contribution in [-0.2, 0) is 9.59 Å². The van der Waals surface area contributed by atoms with Gasteiger partial charge in [0.15, 0.2) is 0 Å². The fourth-order valence-electron chi connectivity index (χ4n) is 2.63. The van der Waals surface area contributed by atoms with E-state index in [9.17, 15) is 9.59 Å². The van der Waals surface area contributed by atoms with Gasteiger partial charge >= 0.3 is 0 Å². The van der Waals surface area contributed by atoms with Gasteiger partial charge in [-0.05, 0) is 12.8 Å². The third-order valence-corrected chi connectivity index (χ3v) is 3.41. The number of rotatable bonds is 2. The van der Waals surface area contributed by atoms with Crippen molar-refractivity contribution in [3.8, 4) is 12.3 Å². The van der Waals surface area contributed by atoms with Crippen molar-refractivity contribution in [1.29, 1.82) is 0 Å². The largest absolute Gasteiger partial charge is 0.281 e. The summed E-state index contributed by atoms with van der Waals surface area (Å²) in [6, 6.07) is 0. The maximum atomic E-state index is 11.9. The van der Waals surface area contributed by atoms with Gasteiger partial charge in [0, 0.05) is 13.0 Å². The number of terminal acetylenes is 1. The van der Waals surface area contributed by atoms with Crippen LogP contribution >= 0.6 is 0 Å². The summed E-state index contributed by atoms with van der Waals surface area (Å²) in [6.07, 6.45) is 9.51. The number of imide groups is 1. The second-order valence-electron chi connectivity index (χ2n) is 4.28. The van der Waals surface area contributed by atoms with E-state index < -0.39 is 0 Å². The molecule has 0 aromatic carbocycles. The molecule has 2 fully saturated rings. The van der Waals surface area contributed by atoms with Crippen molar-refractivity contribution < 1.29 is 9.59 Å². The van der Waals surface area contributed by atoms with Gasteiger partial charge in [0.2, 0.25) is 11.8 Å². The van der Waals surface area contributed by atoms with Crippen LogP contribution in [0.1, 0.15) is 32.1 Å². The zero-order valence-corrected chi connectivity index (χ0v) is 8.74. The molecule has 2 amide bonds. The molecule has 15 heavy (non-hydrogen) atoms. The van der Waals surface area contributed by atoms with Crippen LogP contribution in [0.5, 0.6) is 0 Å². The van der Waals surface area contributed by atoms with Gasteiger partial charge in [-0.1, -0.05) is 12.8 Å². The van der Waals surface area contributed by atoms with Crippen molar-refractivity contribution in [2.24, 2.45) is 11.8 Å². The minimum atomic E-state index is -0.0379. The molecule has 1 saturated heterocycles. The van der Waals surface area contributed by atoms with Crippen molar-refractivity contribution in [2.75, 3.05) is 6.54 Å². The molecule has 80 valence electrons. The standard InChI is InChI=1S/C12H15NO2/c1-2-3-8-13-11(14)9-6-4-5-7-10(9)12(13)15/h1,9-10H,3-8H2. The van der Waals surface area contributed by atoms with Crippen LogP contribution in [0.15, 0.2) is 0 Å². The molecule has 0 aromatic heterocycles. The first-order chi connectivity index (χ1) is 7.25. The summed E-state index contributed by atoms with van der Waals surface area (Å²) < 4.78 is 0. The summed E-state index contributed by atoms with van der Waals surface area (Å²) in [7, 11) is 0. The SMILES string of the molecule is C#CCCN1C(=O)C2CCCCC2C1=O. The molecule has 2 atom stereocenters. The Labute approximate surface area is 89.8 Å². The Kier molecular flexibility index (Phi) is 2.77. The molecule has 0 radical (unpaired) electrons. The predicted molar refractivity (Wildman–Crippen MR) is 55.6 cm³/mol. The van der Waals surface area contributed by atoms with E-state index in [-0.39, 0.29) is 23.7 Å². The van der Waals surface area contributed by atoms with Gasteiger partial charge in [-0.25, -0.2) is 0 Å². The zero-order valence-electron chi connectivity index (χ0n) is 8.74. The van der Waals surface area contributed by atoms with E-state index >= 15 is 0 Å². The summed E-state index contributed by atoms with van der Waals surface area (Å²) in [5.74, 6) is 2.42. The molecule has 3 nitrogen and oxygen atoms in total. The fraction of sp³-hybridized carbons (Fsp3) is 0.667. The Morgan fingerprint density at radius 3 is 2.20 bits per heavy atom. The highest BCUT2D eigenvalue weighted by Gasteiger charge is 2.47. The zero-order chi connectivity index (χ0) is 10.8. The third kappa shape index (κ3) is 1.65. The first-order valence-electron chi connectivity index (χ1n) is 5.54. The number of amides is 2. The van der Waals surface area contributed by atoms with Crippen LogP contribution in [0.3, 0.4) is 0 Å². The Bertz CT molecular complexity index is 305. The molecule has 2 unspecified atom stereocenters. The van der Waals surface area contributed by atoms with Crippen molar-refractivity contribution in [1.82, 2.24) is 4.90 Å². The molecule has 0 spiro atoms. The minimum absolute atomic E-state index is 0.0138. The molecule has 1 aliphatic heterocycles. The van der Waals surface area contributed by atoms with Crippen molar-refractivity contribution in [3.05, 3.63) is 0 Å². The number of carbonyl (C=O) groups excluding carboxylic acids is 2. The van der Waals surface area contributed by atoms with Crippen LogP contribution in [0.25, 0.3) is 0 Å². The number of carbonyl (C=O) groups is 2. The lowest BCUT2D eigenvalue weighted by Gasteiger charge is -2.19. The molecule has 1 aliphatic carbocycles. The average molecular weight is 205 g/mol. The molecule has 0 bridgehead atoms.